The lowest BCUT2D eigenvalue weighted by Crippen LogP contribution is -2.62. The van der Waals surface area contributed by atoms with E-state index in [4.69, 9.17) is 4.42 Å². The first-order valence-corrected chi connectivity index (χ1v) is 14.5. The van der Waals surface area contributed by atoms with Gasteiger partial charge in [0.05, 0.1) is 17.8 Å². The van der Waals surface area contributed by atoms with Gasteiger partial charge in [0.1, 0.15) is 0 Å². The Morgan fingerprint density at radius 3 is 2.61 bits per heavy atom. The van der Waals surface area contributed by atoms with E-state index in [0.717, 1.165) is 82.9 Å². The number of amides is 1. The Labute approximate surface area is 215 Å². The van der Waals surface area contributed by atoms with E-state index < -0.39 is 5.60 Å². The highest BCUT2D eigenvalue weighted by Crippen LogP contribution is 2.70. The molecule has 1 aromatic heterocycles. The minimum Gasteiger partial charge on any atom is -0.431 e. The number of carbonyl (C=O) groups is 1. The molecule has 6 heteroatoms. The topological polar surface area (TPSA) is 82.8 Å². The summed E-state index contributed by atoms with van der Waals surface area (Å²) < 4.78 is 5.23. The maximum atomic E-state index is 13.1. The molecule has 6 nitrogen and oxygen atoms in total. The molecule has 2 heterocycles. The van der Waals surface area contributed by atoms with Gasteiger partial charge >= 0.3 is 5.63 Å². The summed E-state index contributed by atoms with van der Waals surface area (Å²) in [4.78, 5) is 26.7. The Hall–Kier alpha value is -1.66. The lowest BCUT2D eigenvalue weighted by atomic mass is 9.43. The van der Waals surface area contributed by atoms with Gasteiger partial charge < -0.3 is 19.7 Å². The fourth-order valence-electron chi connectivity index (χ4n) is 9.99. The molecule has 1 saturated heterocycles. The number of aliphatic hydroxyl groups is 1. The number of hydrogen-bond acceptors (Lipinski definition) is 5. The van der Waals surface area contributed by atoms with Crippen molar-refractivity contribution in [1.29, 1.82) is 0 Å². The first-order valence-electron chi connectivity index (χ1n) is 14.5. The number of hydrogen-bond donors (Lipinski definition) is 2. The molecule has 36 heavy (non-hydrogen) atoms. The summed E-state index contributed by atoms with van der Waals surface area (Å²) >= 11 is 0. The zero-order valence-corrected chi connectivity index (χ0v) is 22.3. The molecule has 1 aliphatic heterocycles. The van der Waals surface area contributed by atoms with Crippen molar-refractivity contribution < 1.29 is 14.3 Å². The van der Waals surface area contributed by atoms with Crippen LogP contribution in [0.4, 0.5) is 0 Å². The van der Waals surface area contributed by atoms with Gasteiger partial charge in [0.2, 0.25) is 5.91 Å². The van der Waals surface area contributed by atoms with Gasteiger partial charge in [-0.2, -0.15) is 0 Å². The summed E-state index contributed by atoms with van der Waals surface area (Å²) in [5.74, 6) is 2.22. The van der Waals surface area contributed by atoms with E-state index in [1.165, 1.54) is 6.07 Å². The highest BCUT2D eigenvalue weighted by atomic mass is 16.4. The number of nitrogens with one attached hydrogen (secondary N) is 1. The molecule has 5 aliphatic rings. The van der Waals surface area contributed by atoms with Crippen LogP contribution >= 0.6 is 0 Å². The van der Waals surface area contributed by atoms with Crippen LogP contribution in [0.1, 0.15) is 89.5 Å². The maximum Gasteiger partial charge on any atom is 0.335 e. The summed E-state index contributed by atoms with van der Waals surface area (Å²) in [6.07, 6.45) is 12.2. The van der Waals surface area contributed by atoms with Crippen LogP contribution in [0.15, 0.2) is 27.6 Å². The molecule has 198 valence electrons. The van der Waals surface area contributed by atoms with Crippen molar-refractivity contribution >= 4 is 5.91 Å². The van der Waals surface area contributed by atoms with Crippen molar-refractivity contribution in [1.82, 2.24) is 10.2 Å². The summed E-state index contributed by atoms with van der Waals surface area (Å²) in [5.41, 5.74) is 0.152. The predicted molar refractivity (Wildman–Crippen MR) is 138 cm³/mol. The van der Waals surface area contributed by atoms with E-state index in [2.05, 4.69) is 24.1 Å². The Morgan fingerprint density at radius 2 is 1.89 bits per heavy atom. The molecule has 2 N–H and O–H groups in total. The van der Waals surface area contributed by atoms with Crippen molar-refractivity contribution in [3.63, 3.8) is 0 Å². The monoisotopic (exact) mass is 496 g/mol. The minimum atomic E-state index is -0.663. The number of rotatable bonds is 3. The molecule has 0 bridgehead atoms. The average Bonchev–Trinajstić information content (AvgIpc) is 3.50. The van der Waals surface area contributed by atoms with Crippen molar-refractivity contribution in [2.24, 2.45) is 34.5 Å². The summed E-state index contributed by atoms with van der Waals surface area (Å²) in [6.45, 7) is 6.60. The van der Waals surface area contributed by atoms with Crippen LogP contribution in [-0.2, 0) is 4.79 Å². The SMILES string of the molecule is CN(C(=O)[C@H]1CCNC1)[C@H]1CC[C@@]2(C)[C@H](CC[C@@H]3[C@@H]2CC[C@]2(C)[C@@H](c4ccc(=O)oc4)CC[C@]32O)C1. The predicted octanol–water partition coefficient (Wildman–Crippen LogP) is 4.32. The fourth-order valence-corrected chi connectivity index (χ4v) is 9.99. The first-order chi connectivity index (χ1) is 17.2. The third-order valence-electron chi connectivity index (χ3n) is 12.3. The molecule has 4 saturated carbocycles. The number of fused-ring (bicyclic) bond motifs is 5. The highest BCUT2D eigenvalue weighted by molar-refractivity contribution is 5.79. The molecule has 0 spiro atoms. The van der Waals surface area contributed by atoms with Crippen LogP contribution in [0.2, 0.25) is 0 Å². The quantitative estimate of drug-likeness (QED) is 0.651. The van der Waals surface area contributed by atoms with Gasteiger partial charge in [0.25, 0.3) is 0 Å². The summed E-state index contributed by atoms with van der Waals surface area (Å²) in [5, 5.41) is 15.8. The summed E-state index contributed by atoms with van der Waals surface area (Å²) in [6, 6.07) is 3.80. The van der Waals surface area contributed by atoms with Crippen LogP contribution in [0.25, 0.3) is 0 Å². The second-order valence-electron chi connectivity index (χ2n) is 13.4. The Balaban J connectivity index is 1.20. The lowest BCUT2D eigenvalue weighted by Gasteiger charge is -2.64. The molecule has 1 amide bonds. The second-order valence-corrected chi connectivity index (χ2v) is 13.4. The van der Waals surface area contributed by atoms with E-state index in [9.17, 15) is 14.7 Å². The van der Waals surface area contributed by atoms with Crippen LogP contribution in [0.3, 0.4) is 0 Å². The largest absolute Gasteiger partial charge is 0.431 e. The molecule has 5 fully saturated rings. The first kappa shape index (κ1) is 24.7. The van der Waals surface area contributed by atoms with Gasteiger partial charge in [-0.15, -0.1) is 0 Å². The van der Waals surface area contributed by atoms with Gasteiger partial charge in [-0.3, -0.25) is 4.79 Å². The Kier molecular flexibility index (Phi) is 5.95. The molecule has 4 aliphatic carbocycles. The highest BCUT2D eigenvalue weighted by Gasteiger charge is 2.67. The lowest BCUT2D eigenvalue weighted by molar-refractivity contribution is -0.203. The zero-order chi connectivity index (χ0) is 25.3. The molecular formula is C30H44N2O4. The molecule has 6 rings (SSSR count). The van der Waals surface area contributed by atoms with E-state index >= 15 is 0 Å². The van der Waals surface area contributed by atoms with E-state index in [-0.39, 0.29) is 28.3 Å². The van der Waals surface area contributed by atoms with Gasteiger partial charge in [-0.1, -0.05) is 13.8 Å². The molecule has 0 radical (unpaired) electrons. The minimum absolute atomic E-state index is 0.150. The molecule has 0 unspecified atom stereocenters. The standard InChI is InChI=1S/C30H44N2O4/c1-28-12-8-22(32(3)27(34)19-11-15-31-17-19)16-21(28)5-6-25-24(28)9-13-29(2)23(10-14-30(25,29)35)20-4-7-26(33)36-18-20/h4,7,18-19,21-25,31,35H,5-6,8-17H2,1-3H3/t19-,21+,22-,23+,24-,25+,28-,29+,30-/m0/s1. The Bertz CT molecular complexity index is 1040. The van der Waals surface area contributed by atoms with Crippen molar-refractivity contribution in [3.8, 4) is 0 Å². The number of nitrogens with zero attached hydrogens (tertiary/aromatic N) is 1. The second kappa shape index (κ2) is 8.69. The zero-order valence-electron chi connectivity index (χ0n) is 22.3. The van der Waals surface area contributed by atoms with Crippen molar-refractivity contribution in [2.45, 2.75) is 95.6 Å². The van der Waals surface area contributed by atoms with Crippen LogP contribution in [-0.4, -0.2) is 47.7 Å². The van der Waals surface area contributed by atoms with Gasteiger partial charge in [0, 0.05) is 31.1 Å². The molecule has 0 aromatic carbocycles. The smallest absolute Gasteiger partial charge is 0.335 e. The van der Waals surface area contributed by atoms with E-state index in [0.29, 0.717) is 29.7 Å². The fraction of sp³-hybridized carbons (Fsp3) is 0.800. The van der Waals surface area contributed by atoms with E-state index in [1.807, 2.05) is 13.1 Å². The van der Waals surface area contributed by atoms with Gasteiger partial charge in [0.15, 0.2) is 0 Å². The number of carbonyl (C=O) groups excluding carboxylic acids is 1. The molecule has 1 aromatic rings. The van der Waals surface area contributed by atoms with Crippen LogP contribution in [0, 0.1) is 34.5 Å². The molecular weight excluding hydrogens is 452 g/mol. The van der Waals surface area contributed by atoms with Crippen LogP contribution in [0.5, 0.6) is 0 Å². The normalized spacial score (nSPS) is 46.0. The van der Waals surface area contributed by atoms with Crippen molar-refractivity contribution in [3.05, 3.63) is 34.4 Å². The van der Waals surface area contributed by atoms with Crippen molar-refractivity contribution in [2.75, 3.05) is 20.1 Å². The Morgan fingerprint density at radius 1 is 1.06 bits per heavy atom. The third kappa shape index (κ3) is 3.49. The van der Waals surface area contributed by atoms with Gasteiger partial charge in [-0.25, -0.2) is 4.79 Å². The average molecular weight is 497 g/mol. The third-order valence-corrected chi connectivity index (χ3v) is 12.3. The molecule has 9 atom stereocenters. The van der Waals surface area contributed by atoms with Gasteiger partial charge in [-0.05, 0) is 111 Å². The maximum absolute atomic E-state index is 13.1. The van der Waals surface area contributed by atoms with Crippen LogP contribution < -0.4 is 10.9 Å². The van der Waals surface area contributed by atoms with E-state index in [1.54, 1.807) is 6.26 Å². The summed E-state index contributed by atoms with van der Waals surface area (Å²) in [7, 11) is 2.04.